The van der Waals surface area contributed by atoms with E-state index in [-0.39, 0.29) is 11.7 Å². The van der Waals surface area contributed by atoms with Gasteiger partial charge >= 0.3 is 0 Å². The summed E-state index contributed by atoms with van der Waals surface area (Å²) in [5.41, 5.74) is 4.26. The predicted molar refractivity (Wildman–Crippen MR) is 118 cm³/mol. The van der Waals surface area contributed by atoms with Crippen LogP contribution in [0.15, 0.2) is 77.3 Å². The number of aromatic nitrogens is 2. The Morgan fingerprint density at radius 3 is 2.30 bits per heavy atom. The van der Waals surface area contributed by atoms with Gasteiger partial charge in [0.05, 0.1) is 11.7 Å². The van der Waals surface area contributed by atoms with Crippen LogP contribution in [-0.4, -0.2) is 16.1 Å². The second-order valence-corrected chi connectivity index (χ2v) is 8.33. The van der Waals surface area contributed by atoms with Crippen molar-refractivity contribution in [3.8, 4) is 11.3 Å². The zero-order chi connectivity index (χ0) is 20.8. The number of rotatable bonds is 3. The van der Waals surface area contributed by atoms with E-state index >= 15 is 0 Å². The Morgan fingerprint density at radius 2 is 1.63 bits per heavy atom. The Bertz CT molecular complexity index is 1240. The number of anilines is 1. The summed E-state index contributed by atoms with van der Waals surface area (Å²) in [7, 11) is 0. The molecule has 1 aliphatic rings. The van der Waals surface area contributed by atoms with Crippen LogP contribution in [0.1, 0.15) is 27.7 Å². The number of nitrogens with zero attached hydrogens (tertiary/aromatic N) is 2. The maximum atomic E-state index is 13.6. The highest BCUT2D eigenvalue weighted by Crippen LogP contribution is 2.45. The molecule has 3 aromatic carbocycles. The lowest BCUT2D eigenvalue weighted by molar-refractivity contribution is 0.0989. The standard InChI is InChI=1S/C23H14BrClFN3O/c24-15-5-1-13(2-6-15)20-19-21(28-27-20)23(30)29(18-11-7-16(25)8-12-18)22(19)14-3-9-17(26)10-4-14/h1-12,22H,(H,27,28). The second-order valence-electron chi connectivity index (χ2n) is 6.97. The zero-order valence-electron chi connectivity index (χ0n) is 15.4. The minimum atomic E-state index is -0.452. The number of aromatic amines is 1. The molecule has 0 saturated heterocycles. The Morgan fingerprint density at radius 1 is 0.967 bits per heavy atom. The lowest BCUT2D eigenvalue weighted by atomic mass is 9.96. The summed E-state index contributed by atoms with van der Waals surface area (Å²) in [6.45, 7) is 0. The molecule has 148 valence electrons. The van der Waals surface area contributed by atoms with Gasteiger partial charge in [-0.15, -0.1) is 0 Å². The molecule has 4 nitrogen and oxygen atoms in total. The Balaban J connectivity index is 1.71. The Labute approximate surface area is 185 Å². The van der Waals surface area contributed by atoms with Crippen LogP contribution in [0.4, 0.5) is 10.1 Å². The number of H-pyrrole nitrogens is 1. The fourth-order valence-corrected chi connectivity index (χ4v) is 4.19. The van der Waals surface area contributed by atoms with Crippen molar-refractivity contribution in [3.63, 3.8) is 0 Å². The van der Waals surface area contributed by atoms with Gasteiger partial charge in [-0.1, -0.05) is 51.8 Å². The molecule has 5 rings (SSSR count). The van der Waals surface area contributed by atoms with E-state index in [0.717, 1.165) is 21.2 Å². The molecular weight excluding hydrogens is 469 g/mol. The topological polar surface area (TPSA) is 49.0 Å². The highest BCUT2D eigenvalue weighted by molar-refractivity contribution is 9.10. The monoisotopic (exact) mass is 481 g/mol. The molecule has 0 radical (unpaired) electrons. The third-order valence-electron chi connectivity index (χ3n) is 5.18. The van der Waals surface area contributed by atoms with Gasteiger partial charge in [0.15, 0.2) is 0 Å². The molecule has 1 unspecified atom stereocenters. The number of halogens is 3. The first-order valence-electron chi connectivity index (χ1n) is 9.22. The molecule has 0 aliphatic carbocycles. The first kappa shape index (κ1) is 19.0. The summed E-state index contributed by atoms with van der Waals surface area (Å²) in [4.78, 5) is 15.1. The van der Waals surface area contributed by atoms with Crippen LogP contribution in [0.2, 0.25) is 5.02 Å². The summed E-state index contributed by atoms with van der Waals surface area (Å²) in [5, 5.41) is 7.94. The molecule has 2 heterocycles. The van der Waals surface area contributed by atoms with Crippen LogP contribution in [0.5, 0.6) is 0 Å². The summed E-state index contributed by atoms with van der Waals surface area (Å²) in [5.74, 6) is -0.529. The normalized spacial score (nSPS) is 15.5. The molecule has 1 amide bonds. The van der Waals surface area contributed by atoms with Crippen molar-refractivity contribution in [3.05, 3.63) is 105 Å². The number of fused-ring (bicyclic) bond motifs is 1. The molecule has 4 aromatic rings. The molecule has 1 atom stereocenters. The van der Waals surface area contributed by atoms with E-state index in [4.69, 9.17) is 11.6 Å². The average molecular weight is 483 g/mol. The Hall–Kier alpha value is -2.96. The average Bonchev–Trinajstić information content (AvgIpc) is 3.29. The van der Waals surface area contributed by atoms with E-state index in [9.17, 15) is 9.18 Å². The molecule has 0 fully saturated rings. The molecule has 0 saturated carbocycles. The van der Waals surface area contributed by atoms with Crippen LogP contribution in [0.25, 0.3) is 11.3 Å². The summed E-state index contributed by atoms with van der Waals surface area (Å²) in [6, 6.07) is 20.6. The van der Waals surface area contributed by atoms with E-state index in [2.05, 4.69) is 26.1 Å². The lowest BCUT2D eigenvalue weighted by Crippen LogP contribution is -2.29. The van der Waals surface area contributed by atoms with Crippen LogP contribution in [0.3, 0.4) is 0 Å². The van der Waals surface area contributed by atoms with Gasteiger partial charge in [-0.3, -0.25) is 14.8 Å². The highest BCUT2D eigenvalue weighted by atomic mass is 79.9. The van der Waals surface area contributed by atoms with Gasteiger partial charge in [-0.25, -0.2) is 4.39 Å². The van der Waals surface area contributed by atoms with Gasteiger partial charge in [0, 0.05) is 26.3 Å². The van der Waals surface area contributed by atoms with Crippen molar-refractivity contribution in [2.45, 2.75) is 6.04 Å². The predicted octanol–water partition coefficient (Wildman–Crippen LogP) is 6.38. The van der Waals surface area contributed by atoms with Crippen LogP contribution in [0, 0.1) is 5.82 Å². The summed E-state index contributed by atoms with van der Waals surface area (Å²) < 4.78 is 14.6. The van der Waals surface area contributed by atoms with Crippen molar-refractivity contribution >= 4 is 39.1 Å². The molecule has 1 aromatic heterocycles. The third kappa shape index (κ3) is 3.13. The van der Waals surface area contributed by atoms with Gasteiger partial charge in [0.2, 0.25) is 0 Å². The SMILES string of the molecule is O=C1c2[nH]nc(-c3ccc(Br)cc3)c2C(c2ccc(F)cc2)N1c1ccc(Cl)cc1. The first-order valence-corrected chi connectivity index (χ1v) is 10.4. The van der Waals surface area contributed by atoms with E-state index < -0.39 is 6.04 Å². The van der Waals surface area contributed by atoms with Crippen molar-refractivity contribution in [2.24, 2.45) is 0 Å². The maximum Gasteiger partial charge on any atom is 0.277 e. The molecule has 7 heteroatoms. The summed E-state index contributed by atoms with van der Waals surface area (Å²) >= 11 is 9.49. The van der Waals surface area contributed by atoms with Gasteiger partial charge in [-0.2, -0.15) is 5.10 Å². The van der Waals surface area contributed by atoms with Gasteiger partial charge in [-0.05, 0) is 54.1 Å². The third-order valence-corrected chi connectivity index (χ3v) is 5.96. The molecule has 30 heavy (non-hydrogen) atoms. The van der Waals surface area contributed by atoms with E-state index in [1.54, 1.807) is 41.3 Å². The van der Waals surface area contributed by atoms with Crippen LogP contribution in [-0.2, 0) is 0 Å². The summed E-state index contributed by atoms with van der Waals surface area (Å²) in [6.07, 6.45) is 0. The largest absolute Gasteiger partial charge is 0.295 e. The molecule has 1 aliphatic heterocycles. The van der Waals surface area contributed by atoms with Gasteiger partial charge in [0.1, 0.15) is 11.5 Å². The van der Waals surface area contributed by atoms with Gasteiger partial charge < -0.3 is 0 Å². The maximum absolute atomic E-state index is 13.6. The number of hydrogen-bond acceptors (Lipinski definition) is 2. The number of nitrogens with one attached hydrogen (secondary N) is 1. The molecule has 0 spiro atoms. The van der Waals surface area contributed by atoms with E-state index in [1.807, 2.05) is 24.3 Å². The fraction of sp³-hybridized carbons (Fsp3) is 0.0435. The number of amides is 1. The van der Waals surface area contributed by atoms with E-state index in [0.29, 0.717) is 22.1 Å². The number of benzene rings is 3. The quantitative estimate of drug-likeness (QED) is 0.368. The Kier molecular flexibility index (Phi) is 4.68. The van der Waals surface area contributed by atoms with Crippen molar-refractivity contribution in [1.29, 1.82) is 0 Å². The lowest BCUT2D eigenvalue weighted by Gasteiger charge is -2.26. The van der Waals surface area contributed by atoms with Crippen molar-refractivity contribution < 1.29 is 9.18 Å². The number of carbonyl (C=O) groups is 1. The zero-order valence-corrected chi connectivity index (χ0v) is 17.8. The number of carbonyl (C=O) groups excluding carboxylic acids is 1. The highest BCUT2D eigenvalue weighted by Gasteiger charge is 2.43. The minimum Gasteiger partial charge on any atom is -0.295 e. The number of hydrogen-bond donors (Lipinski definition) is 1. The van der Waals surface area contributed by atoms with Crippen molar-refractivity contribution in [1.82, 2.24) is 10.2 Å². The van der Waals surface area contributed by atoms with Crippen LogP contribution < -0.4 is 4.90 Å². The first-order chi connectivity index (χ1) is 14.5. The minimum absolute atomic E-state index is 0.197. The molecule has 0 bridgehead atoms. The second kappa shape index (κ2) is 7.38. The smallest absolute Gasteiger partial charge is 0.277 e. The van der Waals surface area contributed by atoms with E-state index in [1.165, 1.54) is 12.1 Å². The molecule has 1 N–H and O–H groups in total. The fourth-order valence-electron chi connectivity index (χ4n) is 3.80. The van der Waals surface area contributed by atoms with Crippen LogP contribution >= 0.6 is 27.5 Å². The van der Waals surface area contributed by atoms with Gasteiger partial charge in [0.25, 0.3) is 5.91 Å². The molecular formula is C23H14BrClFN3O. The van der Waals surface area contributed by atoms with Crippen molar-refractivity contribution in [2.75, 3.05) is 4.90 Å².